The Bertz CT molecular complexity index is 1020. The van der Waals surface area contributed by atoms with Crippen LogP contribution in [-0.2, 0) is 33.3 Å². The minimum atomic E-state index is -1.13. The first-order chi connectivity index (χ1) is 13.7. The van der Waals surface area contributed by atoms with Crippen LogP contribution in [0.3, 0.4) is 0 Å². The van der Waals surface area contributed by atoms with Gasteiger partial charge in [0.1, 0.15) is 12.7 Å². The van der Waals surface area contributed by atoms with Crippen molar-refractivity contribution >= 4 is 40.7 Å². The molecule has 13 heteroatoms. The standard InChI is InChI=1S/C16H17ClN4O8/c1-6(22)26-4-9-11(27-7(2)23)12(28-8(3)24)15(29-9)21-5-18-10-13(21)19-16(17)20-14(10)25/h5,9,11-12,15H,4H2,1-3H3,(H,19,20,25)/t9-,11?,12?,15-/m1/s1. The SMILES string of the molecule is CC(=O)OC[C@H]1O[C@@H](n2cnc3c(=O)[nH]c(Cl)nc32)C(OC(C)=O)C1OC(C)=O. The lowest BCUT2D eigenvalue weighted by atomic mass is 10.1. The molecule has 4 atom stereocenters. The molecule has 0 amide bonds. The minimum absolute atomic E-state index is 0.0213. The summed E-state index contributed by atoms with van der Waals surface area (Å²) in [4.78, 5) is 56.8. The van der Waals surface area contributed by atoms with Crippen molar-refractivity contribution in [1.82, 2.24) is 19.5 Å². The molecule has 0 spiro atoms. The molecule has 2 unspecified atom stereocenters. The Hall–Kier alpha value is -2.99. The van der Waals surface area contributed by atoms with E-state index in [2.05, 4.69) is 15.0 Å². The summed E-state index contributed by atoms with van der Waals surface area (Å²) in [5.41, 5.74) is -0.531. The Labute approximate surface area is 168 Å². The maximum atomic E-state index is 12.0. The van der Waals surface area contributed by atoms with Crippen LogP contribution in [0.4, 0.5) is 0 Å². The molecule has 1 fully saturated rings. The van der Waals surface area contributed by atoms with Gasteiger partial charge in [0.2, 0.25) is 5.28 Å². The van der Waals surface area contributed by atoms with E-state index in [1.807, 2.05) is 0 Å². The molecule has 29 heavy (non-hydrogen) atoms. The molecule has 3 heterocycles. The minimum Gasteiger partial charge on any atom is -0.463 e. The molecule has 2 aromatic heterocycles. The zero-order valence-electron chi connectivity index (χ0n) is 15.6. The number of H-pyrrole nitrogens is 1. The lowest BCUT2D eigenvalue weighted by Crippen LogP contribution is -2.40. The molecule has 1 aliphatic rings. The molecule has 3 rings (SSSR count). The van der Waals surface area contributed by atoms with E-state index in [0.29, 0.717) is 0 Å². The number of esters is 3. The van der Waals surface area contributed by atoms with Gasteiger partial charge >= 0.3 is 17.9 Å². The Kier molecular flexibility index (Phi) is 5.84. The van der Waals surface area contributed by atoms with Crippen LogP contribution in [0.1, 0.15) is 27.0 Å². The average molecular weight is 429 g/mol. The summed E-state index contributed by atoms with van der Waals surface area (Å²) in [6.45, 7) is 3.29. The van der Waals surface area contributed by atoms with E-state index in [-0.39, 0.29) is 23.1 Å². The maximum Gasteiger partial charge on any atom is 0.303 e. The number of rotatable bonds is 5. The number of nitrogens with zero attached hydrogens (tertiary/aromatic N) is 3. The highest BCUT2D eigenvalue weighted by molar-refractivity contribution is 6.28. The predicted molar refractivity (Wildman–Crippen MR) is 94.8 cm³/mol. The highest BCUT2D eigenvalue weighted by Gasteiger charge is 2.51. The highest BCUT2D eigenvalue weighted by Crippen LogP contribution is 2.35. The molecule has 1 aliphatic heterocycles. The largest absolute Gasteiger partial charge is 0.463 e. The number of halogens is 1. The monoisotopic (exact) mass is 428 g/mol. The van der Waals surface area contributed by atoms with Crippen molar-refractivity contribution in [2.75, 3.05) is 6.61 Å². The molecule has 156 valence electrons. The van der Waals surface area contributed by atoms with Crippen molar-refractivity contribution in [1.29, 1.82) is 0 Å². The highest BCUT2D eigenvalue weighted by atomic mass is 35.5. The summed E-state index contributed by atoms with van der Waals surface area (Å²) < 4.78 is 22.8. The molecule has 0 aromatic carbocycles. The fraction of sp³-hybridized carbons (Fsp3) is 0.500. The van der Waals surface area contributed by atoms with Crippen molar-refractivity contribution in [3.05, 3.63) is 22.0 Å². The van der Waals surface area contributed by atoms with Gasteiger partial charge in [-0.25, -0.2) is 4.98 Å². The van der Waals surface area contributed by atoms with Gasteiger partial charge in [-0.2, -0.15) is 4.98 Å². The number of nitrogens with one attached hydrogen (secondary N) is 1. The van der Waals surface area contributed by atoms with Crippen LogP contribution in [0.5, 0.6) is 0 Å². The van der Waals surface area contributed by atoms with Crippen molar-refractivity contribution in [2.24, 2.45) is 0 Å². The lowest BCUT2D eigenvalue weighted by molar-refractivity contribution is -0.166. The summed E-state index contributed by atoms with van der Waals surface area (Å²) in [5, 5.41) is -0.181. The molecule has 0 aliphatic carbocycles. The Balaban J connectivity index is 2.05. The summed E-state index contributed by atoms with van der Waals surface area (Å²) >= 11 is 5.83. The first kappa shape index (κ1) is 20.7. The Morgan fingerprint density at radius 1 is 1.17 bits per heavy atom. The zero-order chi connectivity index (χ0) is 21.3. The van der Waals surface area contributed by atoms with Crippen molar-refractivity contribution < 1.29 is 33.3 Å². The molecule has 0 saturated carbocycles. The van der Waals surface area contributed by atoms with Gasteiger partial charge in [-0.1, -0.05) is 0 Å². The van der Waals surface area contributed by atoms with Crippen LogP contribution in [0.15, 0.2) is 11.1 Å². The molecular weight excluding hydrogens is 412 g/mol. The van der Waals surface area contributed by atoms with E-state index < -0.39 is 48.0 Å². The second-order valence-electron chi connectivity index (χ2n) is 6.20. The van der Waals surface area contributed by atoms with Gasteiger partial charge in [0, 0.05) is 20.8 Å². The first-order valence-electron chi connectivity index (χ1n) is 8.43. The number of fused-ring (bicyclic) bond motifs is 1. The maximum absolute atomic E-state index is 12.0. The van der Waals surface area contributed by atoms with Crippen LogP contribution in [0.25, 0.3) is 11.2 Å². The topological polar surface area (TPSA) is 152 Å². The molecule has 0 bridgehead atoms. The third-order valence-corrected chi connectivity index (χ3v) is 4.20. The normalized spacial score (nSPS) is 23.7. The van der Waals surface area contributed by atoms with Crippen molar-refractivity contribution in [3.8, 4) is 0 Å². The van der Waals surface area contributed by atoms with Gasteiger partial charge in [0.25, 0.3) is 5.56 Å². The van der Waals surface area contributed by atoms with E-state index >= 15 is 0 Å². The van der Waals surface area contributed by atoms with Crippen LogP contribution in [-0.4, -0.2) is 62.3 Å². The predicted octanol–water partition coefficient (Wildman–Crippen LogP) is 0.0969. The number of hydrogen-bond acceptors (Lipinski definition) is 10. The third kappa shape index (κ3) is 4.38. The third-order valence-electron chi connectivity index (χ3n) is 4.02. The molecule has 1 N–H and O–H groups in total. The first-order valence-corrected chi connectivity index (χ1v) is 8.80. The number of aromatic nitrogens is 4. The molecule has 2 aromatic rings. The Morgan fingerprint density at radius 2 is 1.83 bits per heavy atom. The summed E-state index contributed by atoms with van der Waals surface area (Å²) in [7, 11) is 0. The van der Waals surface area contributed by atoms with E-state index in [1.165, 1.54) is 31.7 Å². The van der Waals surface area contributed by atoms with Crippen LogP contribution in [0, 0.1) is 0 Å². The van der Waals surface area contributed by atoms with E-state index in [9.17, 15) is 19.2 Å². The number of aromatic amines is 1. The van der Waals surface area contributed by atoms with Crippen LogP contribution >= 0.6 is 11.6 Å². The van der Waals surface area contributed by atoms with Gasteiger partial charge in [-0.3, -0.25) is 28.7 Å². The van der Waals surface area contributed by atoms with Crippen LogP contribution in [0.2, 0.25) is 5.28 Å². The number of carbonyl (C=O) groups is 3. The number of carbonyl (C=O) groups excluding carboxylic acids is 3. The summed E-state index contributed by atoms with van der Waals surface area (Å²) in [6, 6.07) is 0. The second-order valence-corrected chi connectivity index (χ2v) is 6.55. The Morgan fingerprint density at radius 3 is 2.45 bits per heavy atom. The van der Waals surface area contributed by atoms with Crippen LogP contribution < -0.4 is 5.56 Å². The molecule has 0 radical (unpaired) electrons. The summed E-state index contributed by atoms with van der Waals surface area (Å²) in [5.74, 6) is -1.89. The van der Waals surface area contributed by atoms with Gasteiger partial charge in [0.05, 0.1) is 6.33 Å². The quantitative estimate of drug-likeness (QED) is 0.394. The van der Waals surface area contributed by atoms with Gasteiger partial charge in [0.15, 0.2) is 29.6 Å². The fourth-order valence-electron chi connectivity index (χ4n) is 3.00. The zero-order valence-corrected chi connectivity index (χ0v) is 16.3. The van der Waals surface area contributed by atoms with Gasteiger partial charge in [-0.15, -0.1) is 0 Å². The smallest absolute Gasteiger partial charge is 0.303 e. The molecule has 12 nitrogen and oxygen atoms in total. The van der Waals surface area contributed by atoms with Crippen molar-refractivity contribution in [3.63, 3.8) is 0 Å². The average Bonchev–Trinajstić information content (AvgIpc) is 3.15. The fourth-order valence-corrected chi connectivity index (χ4v) is 3.17. The van der Waals surface area contributed by atoms with Gasteiger partial charge < -0.3 is 18.9 Å². The second kappa shape index (κ2) is 8.17. The van der Waals surface area contributed by atoms with E-state index in [4.69, 9.17) is 30.5 Å². The number of hydrogen-bond donors (Lipinski definition) is 1. The number of ether oxygens (including phenoxy) is 4. The van der Waals surface area contributed by atoms with Crippen molar-refractivity contribution in [2.45, 2.75) is 45.3 Å². The van der Waals surface area contributed by atoms with Gasteiger partial charge in [-0.05, 0) is 11.6 Å². The lowest BCUT2D eigenvalue weighted by Gasteiger charge is -2.23. The summed E-state index contributed by atoms with van der Waals surface area (Å²) in [6.07, 6.45) is -3.00. The van der Waals surface area contributed by atoms with E-state index in [0.717, 1.165) is 0 Å². The molecule has 1 saturated heterocycles. The van der Waals surface area contributed by atoms with E-state index in [1.54, 1.807) is 0 Å². The molecular formula is C16H17ClN4O8. The number of imidazole rings is 1.